The first-order chi connectivity index (χ1) is 11.5. The second kappa shape index (κ2) is 6.68. The van der Waals surface area contributed by atoms with Crippen LogP contribution in [0.4, 0.5) is 5.69 Å². The van der Waals surface area contributed by atoms with E-state index in [2.05, 4.69) is 81.3 Å². The minimum Gasteiger partial charge on any atom is -0.345 e. The summed E-state index contributed by atoms with van der Waals surface area (Å²) in [6.45, 7) is 16.0. The third-order valence-electron chi connectivity index (χ3n) is 4.82. The molecule has 1 fully saturated rings. The van der Waals surface area contributed by atoms with E-state index in [-0.39, 0.29) is 0 Å². The number of benzene rings is 2. The number of hydrogen-bond acceptors (Lipinski definition) is 1. The van der Waals surface area contributed by atoms with E-state index >= 15 is 0 Å². The predicted molar refractivity (Wildman–Crippen MR) is 105 cm³/mol. The lowest BCUT2D eigenvalue weighted by atomic mass is 9.92. The van der Waals surface area contributed by atoms with E-state index in [9.17, 15) is 0 Å². The topological polar surface area (TPSA) is 3.24 Å². The van der Waals surface area contributed by atoms with Gasteiger partial charge in [-0.2, -0.15) is 0 Å². The number of aryl methyl sites for hydroxylation is 1. The van der Waals surface area contributed by atoms with Crippen LogP contribution in [0.15, 0.2) is 66.9 Å². The molecule has 1 atom stereocenters. The van der Waals surface area contributed by atoms with Crippen molar-refractivity contribution < 1.29 is 0 Å². The number of nitrogens with zero attached hydrogens (tertiary/aromatic N) is 1. The zero-order valence-electron chi connectivity index (χ0n) is 15.1. The minimum atomic E-state index is 0.680. The summed E-state index contributed by atoms with van der Waals surface area (Å²) >= 11 is 0. The fourth-order valence-electron chi connectivity index (χ4n) is 3.66. The molecule has 24 heavy (non-hydrogen) atoms. The number of rotatable bonds is 4. The van der Waals surface area contributed by atoms with Gasteiger partial charge in [-0.3, -0.25) is 0 Å². The standard InChI is InChI=1S/C23H27N/c1-16(2)12-23-18(4)8-6-11-22(23)20-9-7-10-21(14-20)24-15-17(3)13-19(24)5/h6-11,14,17H,1,5,12-13,15H2,2-4H3. The van der Waals surface area contributed by atoms with Crippen LogP contribution in [0.2, 0.25) is 0 Å². The Hall–Kier alpha value is -2.28. The minimum absolute atomic E-state index is 0.680. The molecule has 124 valence electrons. The van der Waals surface area contributed by atoms with Gasteiger partial charge in [0.15, 0.2) is 0 Å². The highest BCUT2D eigenvalue weighted by Crippen LogP contribution is 2.34. The van der Waals surface area contributed by atoms with Crippen LogP contribution >= 0.6 is 0 Å². The Morgan fingerprint density at radius 3 is 2.62 bits per heavy atom. The molecule has 1 aliphatic rings. The summed E-state index contributed by atoms with van der Waals surface area (Å²) < 4.78 is 0. The van der Waals surface area contributed by atoms with Crippen LogP contribution in [0.5, 0.6) is 0 Å². The van der Waals surface area contributed by atoms with Crippen molar-refractivity contribution in [2.24, 2.45) is 5.92 Å². The Kier molecular flexibility index (Phi) is 4.62. The van der Waals surface area contributed by atoms with Gasteiger partial charge in [-0.15, -0.1) is 0 Å². The van der Waals surface area contributed by atoms with Crippen molar-refractivity contribution in [2.75, 3.05) is 11.4 Å². The molecule has 0 radical (unpaired) electrons. The third kappa shape index (κ3) is 3.31. The van der Waals surface area contributed by atoms with Gasteiger partial charge in [-0.1, -0.05) is 56.0 Å². The molecule has 2 aromatic carbocycles. The molecule has 3 rings (SSSR count). The van der Waals surface area contributed by atoms with Crippen molar-refractivity contribution in [3.8, 4) is 11.1 Å². The number of hydrogen-bond donors (Lipinski definition) is 0. The molecule has 0 aliphatic carbocycles. The van der Waals surface area contributed by atoms with Gasteiger partial charge in [-0.25, -0.2) is 0 Å². The van der Waals surface area contributed by atoms with E-state index < -0.39 is 0 Å². The van der Waals surface area contributed by atoms with Gasteiger partial charge in [0.05, 0.1) is 0 Å². The zero-order chi connectivity index (χ0) is 17.3. The zero-order valence-corrected chi connectivity index (χ0v) is 15.1. The van der Waals surface area contributed by atoms with E-state index in [0.29, 0.717) is 5.92 Å². The molecule has 0 spiro atoms. The molecular formula is C23H27N. The highest BCUT2D eigenvalue weighted by molar-refractivity contribution is 5.73. The average Bonchev–Trinajstić information content (AvgIpc) is 2.88. The van der Waals surface area contributed by atoms with Gasteiger partial charge in [-0.05, 0) is 67.0 Å². The van der Waals surface area contributed by atoms with Crippen LogP contribution in [0.3, 0.4) is 0 Å². The Balaban J connectivity index is 2.02. The van der Waals surface area contributed by atoms with E-state index in [4.69, 9.17) is 0 Å². The summed E-state index contributed by atoms with van der Waals surface area (Å²) in [4.78, 5) is 2.36. The van der Waals surface area contributed by atoms with Crippen LogP contribution in [0.1, 0.15) is 31.4 Å². The summed E-state index contributed by atoms with van der Waals surface area (Å²) in [5, 5.41) is 0. The summed E-state index contributed by atoms with van der Waals surface area (Å²) in [7, 11) is 0. The van der Waals surface area contributed by atoms with Gasteiger partial charge < -0.3 is 4.90 Å². The third-order valence-corrected chi connectivity index (χ3v) is 4.82. The number of allylic oxidation sites excluding steroid dienone is 2. The molecule has 0 bridgehead atoms. The predicted octanol–water partition coefficient (Wildman–Crippen LogP) is 6.14. The molecule has 1 heteroatoms. The first-order valence-electron chi connectivity index (χ1n) is 8.74. The van der Waals surface area contributed by atoms with Crippen LogP contribution in [-0.2, 0) is 6.42 Å². The maximum atomic E-state index is 4.25. The largest absolute Gasteiger partial charge is 0.345 e. The van der Waals surface area contributed by atoms with Gasteiger partial charge in [0, 0.05) is 17.9 Å². The molecule has 0 aromatic heterocycles. The van der Waals surface area contributed by atoms with Crippen molar-refractivity contribution in [1.82, 2.24) is 0 Å². The molecule has 1 unspecified atom stereocenters. The highest BCUT2D eigenvalue weighted by Gasteiger charge is 2.23. The lowest BCUT2D eigenvalue weighted by Crippen LogP contribution is -2.17. The molecule has 0 amide bonds. The van der Waals surface area contributed by atoms with Crippen molar-refractivity contribution in [1.29, 1.82) is 0 Å². The van der Waals surface area contributed by atoms with Crippen LogP contribution in [0, 0.1) is 12.8 Å². The monoisotopic (exact) mass is 317 g/mol. The Bertz CT molecular complexity index is 784. The molecule has 1 nitrogen and oxygen atoms in total. The van der Waals surface area contributed by atoms with E-state index in [0.717, 1.165) is 19.4 Å². The number of anilines is 1. The summed E-state index contributed by atoms with van der Waals surface area (Å²) in [5.74, 6) is 0.680. The van der Waals surface area contributed by atoms with Crippen LogP contribution in [-0.4, -0.2) is 6.54 Å². The molecule has 1 heterocycles. The second-order valence-corrected chi connectivity index (χ2v) is 7.27. The Labute approximate surface area is 146 Å². The smallest absolute Gasteiger partial charge is 0.0414 e. The fourth-order valence-corrected chi connectivity index (χ4v) is 3.66. The summed E-state index contributed by atoms with van der Waals surface area (Å²) in [6.07, 6.45) is 2.02. The van der Waals surface area contributed by atoms with Crippen molar-refractivity contribution in [3.05, 3.63) is 78.0 Å². The summed E-state index contributed by atoms with van der Waals surface area (Å²) in [5.41, 5.74) is 8.99. The first kappa shape index (κ1) is 16.6. The van der Waals surface area contributed by atoms with Crippen molar-refractivity contribution in [2.45, 2.75) is 33.6 Å². The van der Waals surface area contributed by atoms with Crippen LogP contribution < -0.4 is 4.90 Å². The molecule has 1 aliphatic heterocycles. The molecule has 0 saturated carbocycles. The summed E-state index contributed by atoms with van der Waals surface area (Å²) in [6, 6.07) is 15.4. The van der Waals surface area contributed by atoms with Crippen molar-refractivity contribution in [3.63, 3.8) is 0 Å². The quantitative estimate of drug-likeness (QED) is 0.612. The fraction of sp³-hybridized carbons (Fsp3) is 0.304. The highest BCUT2D eigenvalue weighted by atomic mass is 15.2. The van der Waals surface area contributed by atoms with E-state index in [1.54, 1.807) is 0 Å². The SMILES string of the molecule is C=C(C)Cc1c(C)cccc1-c1cccc(N2CC(C)CC2=C)c1. The van der Waals surface area contributed by atoms with Gasteiger partial charge in [0.2, 0.25) is 0 Å². The lowest BCUT2D eigenvalue weighted by molar-refractivity contribution is 0.668. The maximum absolute atomic E-state index is 4.25. The average molecular weight is 317 g/mol. The normalized spacial score (nSPS) is 17.4. The molecule has 0 N–H and O–H groups in total. The molecular weight excluding hydrogens is 290 g/mol. The van der Waals surface area contributed by atoms with Gasteiger partial charge >= 0.3 is 0 Å². The van der Waals surface area contributed by atoms with Gasteiger partial charge in [0.1, 0.15) is 0 Å². The Morgan fingerprint density at radius 2 is 1.96 bits per heavy atom. The van der Waals surface area contributed by atoms with E-state index in [1.165, 1.54) is 39.2 Å². The lowest BCUT2D eigenvalue weighted by Gasteiger charge is -2.21. The second-order valence-electron chi connectivity index (χ2n) is 7.27. The molecule has 2 aromatic rings. The van der Waals surface area contributed by atoms with Gasteiger partial charge in [0.25, 0.3) is 0 Å². The van der Waals surface area contributed by atoms with Crippen LogP contribution in [0.25, 0.3) is 11.1 Å². The molecule has 1 saturated heterocycles. The maximum Gasteiger partial charge on any atom is 0.0414 e. The first-order valence-corrected chi connectivity index (χ1v) is 8.74. The Morgan fingerprint density at radius 1 is 1.21 bits per heavy atom. The van der Waals surface area contributed by atoms with Crippen molar-refractivity contribution >= 4 is 5.69 Å². The van der Waals surface area contributed by atoms with E-state index in [1.807, 2.05) is 0 Å².